The van der Waals surface area contributed by atoms with Gasteiger partial charge in [-0.05, 0) is 70.1 Å². The number of amides is 2. The van der Waals surface area contributed by atoms with Crippen LogP contribution in [-0.2, 0) is 140 Å². The molecule has 0 aliphatic heterocycles. The van der Waals surface area contributed by atoms with E-state index < -0.39 is 55.8 Å². The molecule has 4 heterocycles. The molecule has 0 radical (unpaired) electrons. The molecular formula is C41H62Cl2N12O13S2W4. The Morgan fingerprint density at radius 3 is 1.42 bits per heavy atom. The fraction of sp³-hybridized carbons (Fsp3) is 0.512. The van der Waals surface area contributed by atoms with Crippen molar-refractivity contribution in [1.82, 2.24) is 29.9 Å². The van der Waals surface area contributed by atoms with Crippen molar-refractivity contribution < 1.29 is 137 Å². The number of carbonyl (C=O) groups is 2. The third-order valence-corrected chi connectivity index (χ3v) is 9.54. The van der Waals surface area contributed by atoms with Crippen LogP contribution in [0.2, 0.25) is 0 Å². The van der Waals surface area contributed by atoms with E-state index in [0.717, 1.165) is 28.0 Å². The van der Waals surface area contributed by atoms with E-state index in [0.29, 0.717) is 55.3 Å². The van der Waals surface area contributed by atoms with Gasteiger partial charge in [-0.2, -0.15) is 19.9 Å². The Morgan fingerprint density at radius 2 is 1.07 bits per heavy atom. The first-order valence-corrected chi connectivity index (χ1v) is 24.2. The van der Waals surface area contributed by atoms with E-state index in [9.17, 15) is 34.0 Å². The molecule has 414 valence electrons. The number of ether oxygens (including phenoxy) is 4. The van der Waals surface area contributed by atoms with Gasteiger partial charge in [-0.25, -0.2) is 19.4 Å². The third kappa shape index (κ3) is 27.9. The van der Waals surface area contributed by atoms with Crippen LogP contribution in [0.4, 0.5) is 44.2 Å². The van der Waals surface area contributed by atoms with Gasteiger partial charge in [0.15, 0.2) is 5.16 Å². The number of halogens is 2. The molecule has 1 atom stereocenters. The van der Waals surface area contributed by atoms with Crippen LogP contribution in [0.15, 0.2) is 46.7 Å². The van der Waals surface area contributed by atoms with E-state index in [4.69, 9.17) is 63.8 Å². The van der Waals surface area contributed by atoms with E-state index in [1.54, 1.807) is 56.5 Å². The summed E-state index contributed by atoms with van der Waals surface area (Å²) in [6.07, 6.45) is 3.94. The SMILES string of the molecule is C.C.CCOC(=O)N(Cc1cccc(COCCCCO)n1)c1nc(S(C)=O)nc(N)c1[N+](=O)[O-].CCOC(=O)N(Cc1cccc(COCCCCO)n1)c1nc(SC)nc(N)c1[N+](=O)[O-].ClCCl.[W].[W].[W].[W]. The Balaban J connectivity index is -0.000000378. The predicted octanol–water partition coefficient (Wildman–Crippen LogP) is 6.77. The fourth-order valence-corrected chi connectivity index (χ4v) is 6.19. The first-order chi connectivity index (χ1) is 32.6. The minimum atomic E-state index is -1.71. The van der Waals surface area contributed by atoms with Crippen LogP contribution >= 0.6 is 35.0 Å². The molecule has 0 spiro atoms. The number of alkyl halides is 2. The number of thioether (sulfide) groups is 1. The number of nitrogens with zero attached hydrogens (tertiary/aromatic N) is 10. The molecule has 0 aromatic carbocycles. The summed E-state index contributed by atoms with van der Waals surface area (Å²) in [4.78, 5) is 73.7. The van der Waals surface area contributed by atoms with Gasteiger partial charge in [-0.3, -0.25) is 34.4 Å². The number of nitrogen functional groups attached to an aromatic ring is 2. The van der Waals surface area contributed by atoms with E-state index in [2.05, 4.69) is 29.9 Å². The Bertz CT molecular complexity index is 2300. The molecule has 0 fully saturated rings. The standard InChI is InChI=1S/C19H26N6O7S.C19H26N6O6S.CH2Cl2.2CH4.4W/c1-3-32-19(27)24(17-15(25(28)29)16(20)22-18(23-17)33(2)30)11-13-7-6-8-14(21-13)12-31-10-5-4-9-26;1-3-31-19(27)24(17-15(25(28)29)16(20)22-18(23-17)32-2)11-13-7-6-8-14(21-13)12-30-10-5-4-9-26;2-1-3;;;;;;/h6-8,26H,3-5,9-12H2,1-2H3,(H2,20,22,23);6-8,26H,3-5,9-12H2,1-2H3,(H2,20,22,23);1H2;2*1H4;;;;. The molecule has 0 aliphatic rings. The monoisotopic (exact) mass is 1800 g/mol. The van der Waals surface area contributed by atoms with Gasteiger partial charge in [0.2, 0.25) is 28.4 Å². The van der Waals surface area contributed by atoms with Gasteiger partial charge in [-0.15, -0.1) is 23.2 Å². The number of pyridine rings is 2. The van der Waals surface area contributed by atoms with E-state index >= 15 is 0 Å². The number of rotatable bonds is 24. The van der Waals surface area contributed by atoms with Crippen LogP contribution in [0.5, 0.6) is 0 Å². The number of unbranched alkanes of at least 4 members (excludes halogenated alkanes) is 2. The molecule has 0 bridgehead atoms. The van der Waals surface area contributed by atoms with Crippen molar-refractivity contribution in [3.63, 3.8) is 0 Å². The second-order valence-electron chi connectivity index (χ2n) is 13.2. The second kappa shape index (κ2) is 45.1. The van der Waals surface area contributed by atoms with Crippen molar-refractivity contribution in [1.29, 1.82) is 0 Å². The molecule has 4 rings (SSSR count). The van der Waals surface area contributed by atoms with Crippen LogP contribution in [-0.4, -0.2) is 124 Å². The number of nitrogens with two attached hydrogens (primary N) is 2. The molecule has 25 nitrogen and oxygen atoms in total. The number of carbonyl (C=O) groups excluding carboxylic acids is 2. The van der Waals surface area contributed by atoms with Crippen LogP contribution in [0.1, 0.15) is 77.2 Å². The smallest absolute Gasteiger partial charge is 0.416 e. The Labute approximate surface area is 504 Å². The maximum atomic E-state index is 12.7. The molecular weight excluding hydrogens is 1740 g/mol. The van der Waals surface area contributed by atoms with Gasteiger partial charge < -0.3 is 40.6 Å². The van der Waals surface area contributed by atoms with Gasteiger partial charge >= 0.3 is 23.6 Å². The molecule has 0 saturated carbocycles. The number of aliphatic hydroxyl groups is 2. The quantitative estimate of drug-likeness (QED) is 0.0140. The van der Waals surface area contributed by atoms with E-state index in [-0.39, 0.29) is 179 Å². The zero-order valence-electron chi connectivity index (χ0n) is 39.3. The average Bonchev–Trinajstić information content (AvgIpc) is 3.30. The normalized spacial score (nSPS) is 10.1. The van der Waals surface area contributed by atoms with Crippen LogP contribution in [0, 0.1) is 20.2 Å². The molecule has 4 aromatic heterocycles. The molecule has 2 amide bonds. The summed E-state index contributed by atoms with van der Waals surface area (Å²) in [6, 6.07) is 10.2. The van der Waals surface area contributed by atoms with Gasteiger partial charge in [0, 0.05) is 117 Å². The minimum Gasteiger partial charge on any atom is -0.449 e. The first-order valence-electron chi connectivity index (χ1n) is 20.4. The second-order valence-corrected chi connectivity index (χ2v) is 16.0. The summed E-state index contributed by atoms with van der Waals surface area (Å²) >= 11 is 10.7. The fourth-order valence-electron chi connectivity index (χ4n) is 5.38. The largest absolute Gasteiger partial charge is 0.449 e. The zero-order chi connectivity index (χ0) is 50.6. The number of nitro groups is 2. The van der Waals surface area contributed by atoms with Crippen LogP contribution in [0.25, 0.3) is 0 Å². The summed E-state index contributed by atoms with van der Waals surface area (Å²) in [5.41, 5.74) is 12.2. The maximum Gasteiger partial charge on any atom is 0.416 e. The number of hydrogen-bond acceptors (Lipinski definition) is 22. The van der Waals surface area contributed by atoms with E-state index in [1.807, 2.05) is 0 Å². The summed E-state index contributed by atoms with van der Waals surface area (Å²) < 4.78 is 33.1. The van der Waals surface area contributed by atoms with Crippen molar-refractivity contribution in [3.05, 3.63) is 79.4 Å². The van der Waals surface area contributed by atoms with Crippen molar-refractivity contribution in [2.24, 2.45) is 0 Å². The first kappa shape index (κ1) is 79.9. The average molecular weight is 1800 g/mol. The number of hydrogen-bond donors (Lipinski definition) is 4. The summed E-state index contributed by atoms with van der Waals surface area (Å²) in [7, 11) is -1.71. The molecule has 33 heteroatoms. The van der Waals surface area contributed by atoms with Crippen molar-refractivity contribution in [2.45, 2.75) is 91.0 Å². The predicted molar refractivity (Wildman–Crippen MR) is 267 cm³/mol. The molecule has 0 saturated heterocycles. The maximum absolute atomic E-state index is 12.7. The molecule has 1 unspecified atom stereocenters. The van der Waals surface area contributed by atoms with Gasteiger partial charge in [0.05, 0.1) is 88.3 Å². The van der Waals surface area contributed by atoms with Gasteiger partial charge in [0.1, 0.15) is 0 Å². The zero-order valence-corrected chi connectivity index (χ0v) is 54.2. The Hall–Kier alpha value is -2.93. The Morgan fingerprint density at radius 1 is 0.689 bits per heavy atom. The minimum absolute atomic E-state index is 0. The summed E-state index contributed by atoms with van der Waals surface area (Å²) in [6.45, 7) is 4.49. The molecule has 4 aromatic rings. The summed E-state index contributed by atoms with van der Waals surface area (Å²) in [5, 5.41) is 41.0. The topological polar surface area (TPSA) is 351 Å². The summed E-state index contributed by atoms with van der Waals surface area (Å²) in [5.74, 6) is -1.58. The molecule has 74 heavy (non-hydrogen) atoms. The van der Waals surface area contributed by atoms with Gasteiger partial charge in [0.25, 0.3) is 0 Å². The van der Waals surface area contributed by atoms with Gasteiger partial charge in [-0.1, -0.05) is 38.7 Å². The van der Waals surface area contributed by atoms with Crippen LogP contribution < -0.4 is 21.3 Å². The van der Waals surface area contributed by atoms with Crippen molar-refractivity contribution in [2.75, 3.05) is 78.8 Å². The van der Waals surface area contributed by atoms with Crippen molar-refractivity contribution >= 4 is 92.6 Å². The number of aromatic nitrogens is 6. The van der Waals surface area contributed by atoms with Crippen molar-refractivity contribution in [3.8, 4) is 0 Å². The Kier molecular flexibility index (Phi) is 48.7. The number of aliphatic hydroxyl groups excluding tert-OH is 2. The molecule has 0 aliphatic carbocycles. The van der Waals surface area contributed by atoms with E-state index in [1.165, 1.54) is 6.26 Å². The third-order valence-electron chi connectivity index (χ3n) is 8.30. The molecule has 6 N–H and O–H groups in total. The number of anilines is 4. The van der Waals surface area contributed by atoms with Crippen LogP contribution in [0.3, 0.4) is 0 Å².